The molecule has 1 aliphatic rings. The van der Waals surface area contributed by atoms with Crippen LogP contribution in [0.1, 0.15) is 31.6 Å². The van der Waals surface area contributed by atoms with Crippen LogP contribution in [0.4, 0.5) is 0 Å². The van der Waals surface area contributed by atoms with Crippen molar-refractivity contribution >= 4 is 11.0 Å². The molecule has 1 N–H and O–H groups in total. The van der Waals surface area contributed by atoms with Crippen LogP contribution in [0, 0.1) is 5.92 Å². The molecule has 1 aliphatic heterocycles. The molecular formula is C16H21NO2. The summed E-state index contributed by atoms with van der Waals surface area (Å²) in [6.07, 6.45) is 2.45. The summed E-state index contributed by atoms with van der Waals surface area (Å²) >= 11 is 0. The predicted octanol–water partition coefficient (Wildman–Crippen LogP) is 3.51. The first-order chi connectivity index (χ1) is 9.38. The molecule has 2 aromatic rings. The Morgan fingerprint density at radius 3 is 3.05 bits per heavy atom. The Morgan fingerprint density at radius 2 is 2.21 bits per heavy atom. The zero-order valence-corrected chi connectivity index (χ0v) is 11.4. The molecule has 3 rings (SSSR count). The van der Waals surface area contributed by atoms with Gasteiger partial charge in [0.2, 0.25) is 0 Å². The summed E-state index contributed by atoms with van der Waals surface area (Å²) in [6, 6.07) is 10.3. The minimum Gasteiger partial charge on any atom is -0.458 e. The molecular weight excluding hydrogens is 238 g/mol. The van der Waals surface area contributed by atoms with Gasteiger partial charge in [-0.15, -0.1) is 0 Å². The topological polar surface area (TPSA) is 34.4 Å². The molecule has 1 aromatic carbocycles. The quantitative estimate of drug-likeness (QED) is 0.912. The average Bonchev–Trinajstić information content (AvgIpc) is 2.89. The Balaban J connectivity index is 1.84. The fourth-order valence-corrected chi connectivity index (χ4v) is 2.84. The molecule has 3 heteroatoms. The molecule has 102 valence electrons. The summed E-state index contributed by atoms with van der Waals surface area (Å²) in [5, 5.41) is 4.59. The summed E-state index contributed by atoms with van der Waals surface area (Å²) in [6.45, 7) is 4.98. The summed E-state index contributed by atoms with van der Waals surface area (Å²) in [5.74, 6) is 1.48. The van der Waals surface area contributed by atoms with Gasteiger partial charge in [0.25, 0.3) is 0 Å². The average molecular weight is 259 g/mol. The van der Waals surface area contributed by atoms with Gasteiger partial charge in [0.15, 0.2) is 0 Å². The number of ether oxygens (including phenoxy) is 1. The highest BCUT2D eigenvalue weighted by Gasteiger charge is 2.29. The molecule has 0 spiro atoms. The summed E-state index contributed by atoms with van der Waals surface area (Å²) < 4.78 is 11.9. The van der Waals surface area contributed by atoms with Crippen LogP contribution in [-0.4, -0.2) is 19.7 Å². The Labute approximate surface area is 113 Å². The monoisotopic (exact) mass is 259 g/mol. The van der Waals surface area contributed by atoms with Gasteiger partial charge in [-0.05, 0) is 31.5 Å². The van der Waals surface area contributed by atoms with Crippen molar-refractivity contribution in [1.29, 1.82) is 0 Å². The standard InChI is InChI=1S/C16H21NO2/c1-2-17-11-13-7-5-9-18-16(13)15-10-12-6-3-4-8-14(12)19-15/h3-4,6,8,10,13,16-17H,2,5,7,9,11H2,1H3. The highest BCUT2D eigenvalue weighted by atomic mass is 16.5. The number of hydrogen-bond acceptors (Lipinski definition) is 3. The van der Waals surface area contributed by atoms with Crippen molar-refractivity contribution in [3.05, 3.63) is 36.1 Å². The Kier molecular flexibility index (Phi) is 3.85. The SMILES string of the molecule is CCNCC1CCCOC1c1cc2ccccc2o1. The lowest BCUT2D eigenvalue weighted by molar-refractivity contribution is -0.0386. The molecule has 0 amide bonds. The Hall–Kier alpha value is -1.32. The second-order valence-electron chi connectivity index (χ2n) is 5.19. The number of nitrogens with one attached hydrogen (secondary N) is 1. The van der Waals surface area contributed by atoms with E-state index in [9.17, 15) is 0 Å². The molecule has 1 fully saturated rings. The van der Waals surface area contributed by atoms with Gasteiger partial charge in [0, 0.05) is 24.5 Å². The van der Waals surface area contributed by atoms with Crippen LogP contribution in [0.25, 0.3) is 11.0 Å². The summed E-state index contributed by atoms with van der Waals surface area (Å²) in [7, 11) is 0. The third-order valence-corrected chi connectivity index (χ3v) is 3.83. The van der Waals surface area contributed by atoms with Gasteiger partial charge < -0.3 is 14.5 Å². The zero-order valence-electron chi connectivity index (χ0n) is 11.4. The van der Waals surface area contributed by atoms with Crippen molar-refractivity contribution in [3.8, 4) is 0 Å². The van der Waals surface area contributed by atoms with E-state index in [-0.39, 0.29) is 6.10 Å². The maximum absolute atomic E-state index is 5.97. The molecule has 0 bridgehead atoms. The molecule has 3 nitrogen and oxygen atoms in total. The number of para-hydroxylation sites is 1. The van der Waals surface area contributed by atoms with Crippen LogP contribution in [0.15, 0.2) is 34.7 Å². The van der Waals surface area contributed by atoms with E-state index in [2.05, 4.69) is 24.4 Å². The Morgan fingerprint density at radius 1 is 1.32 bits per heavy atom. The smallest absolute Gasteiger partial charge is 0.134 e. The van der Waals surface area contributed by atoms with E-state index in [4.69, 9.17) is 9.15 Å². The highest BCUT2D eigenvalue weighted by molar-refractivity contribution is 5.77. The third-order valence-electron chi connectivity index (χ3n) is 3.83. The lowest BCUT2D eigenvalue weighted by Crippen LogP contribution is -2.31. The third kappa shape index (κ3) is 2.67. The molecule has 2 heterocycles. The highest BCUT2D eigenvalue weighted by Crippen LogP contribution is 2.35. The van der Waals surface area contributed by atoms with Crippen LogP contribution in [0.3, 0.4) is 0 Å². The van der Waals surface area contributed by atoms with E-state index >= 15 is 0 Å². The minimum absolute atomic E-state index is 0.0974. The van der Waals surface area contributed by atoms with Gasteiger partial charge in [0.1, 0.15) is 17.4 Å². The van der Waals surface area contributed by atoms with E-state index in [0.717, 1.165) is 42.8 Å². The first-order valence-electron chi connectivity index (χ1n) is 7.19. The summed E-state index contributed by atoms with van der Waals surface area (Å²) in [4.78, 5) is 0. The molecule has 1 saturated heterocycles. The molecule has 1 aromatic heterocycles. The molecule has 19 heavy (non-hydrogen) atoms. The molecule has 2 unspecified atom stereocenters. The van der Waals surface area contributed by atoms with Crippen molar-refractivity contribution in [2.45, 2.75) is 25.9 Å². The van der Waals surface area contributed by atoms with Gasteiger partial charge in [-0.2, -0.15) is 0 Å². The van der Waals surface area contributed by atoms with E-state index in [1.807, 2.05) is 18.2 Å². The maximum atomic E-state index is 5.97. The fourth-order valence-electron chi connectivity index (χ4n) is 2.84. The zero-order chi connectivity index (χ0) is 13.1. The summed E-state index contributed by atoms with van der Waals surface area (Å²) in [5.41, 5.74) is 0.953. The first kappa shape index (κ1) is 12.7. The lowest BCUT2D eigenvalue weighted by atomic mass is 9.92. The lowest BCUT2D eigenvalue weighted by Gasteiger charge is -2.30. The van der Waals surface area contributed by atoms with Crippen molar-refractivity contribution in [1.82, 2.24) is 5.32 Å². The number of benzene rings is 1. The number of furan rings is 1. The van der Waals surface area contributed by atoms with Gasteiger partial charge in [-0.1, -0.05) is 25.1 Å². The van der Waals surface area contributed by atoms with Crippen molar-refractivity contribution in [2.24, 2.45) is 5.92 Å². The van der Waals surface area contributed by atoms with Crippen LogP contribution >= 0.6 is 0 Å². The second-order valence-corrected chi connectivity index (χ2v) is 5.19. The fraction of sp³-hybridized carbons (Fsp3) is 0.500. The molecule has 0 aliphatic carbocycles. The molecule has 0 saturated carbocycles. The number of hydrogen-bond donors (Lipinski definition) is 1. The number of rotatable bonds is 4. The van der Waals surface area contributed by atoms with Crippen LogP contribution < -0.4 is 5.32 Å². The molecule has 2 atom stereocenters. The van der Waals surface area contributed by atoms with Crippen molar-refractivity contribution in [2.75, 3.05) is 19.7 Å². The number of fused-ring (bicyclic) bond motifs is 1. The predicted molar refractivity (Wildman–Crippen MR) is 76.2 cm³/mol. The van der Waals surface area contributed by atoms with E-state index < -0.39 is 0 Å². The second kappa shape index (κ2) is 5.76. The van der Waals surface area contributed by atoms with Crippen molar-refractivity contribution < 1.29 is 9.15 Å². The maximum Gasteiger partial charge on any atom is 0.134 e. The van der Waals surface area contributed by atoms with Crippen LogP contribution in [-0.2, 0) is 4.74 Å². The Bertz CT molecular complexity index is 501. The van der Waals surface area contributed by atoms with Gasteiger partial charge in [0.05, 0.1) is 0 Å². The normalized spacial score (nSPS) is 23.8. The minimum atomic E-state index is 0.0974. The van der Waals surface area contributed by atoms with E-state index in [1.54, 1.807) is 0 Å². The van der Waals surface area contributed by atoms with Gasteiger partial charge in [-0.25, -0.2) is 0 Å². The van der Waals surface area contributed by atoms with Crippen LogP contribution in [0.5, 0.6) is 0 Å². The van der Waals surface area contributed by atoms with Crippen molar-refractivity contribution in [3.63, 3.8) is 0 Å². The van der Waals surface area contributed by atoms with E-state index in [0.29, 0.717) is 5.92 Å². The largest absolute Gasteiger partial charge is 0.458 e. The van der Waals surface area contributed by atoms with Gasteiger partial charge in [-0.3, -0.25) is 0 Å². The van der Waals surface area contributed by atoms with E-state index in [1.165, 1.54) is 6.42 Å². The first-order valence-corrected chi connectivity index (χ1v) is 7.19. The van der Waals surface area contributed by atoms with Crippen LogP contribution in [0.2, 0.25) is 0 Å². The molecule has 0 radical (unpaired) electrons. The van der Waals surface area contributed by atoms with Gasteiger partial charge >= 0.3 is 0 Å².